The van der Waals surface area contributed by atoms with Crippen molar-refractivity contribution in [1.29, 1.82) is 0 Å². The van der Waals surface area contributed by atoms with Gasteiger partial charge in [-0.05, 0) is 18.2 Å². The molecule has 1 N–H and O–H groups in total. The zero-order valence-electron chi connectivity index (χ0n) is 12.1. The summed E-state index contributed by atoms with van der Waals surface area (Å²) in [6.45, 7) is 0.125. The average molecular weight is 340 g/mol. The highest BCUT2D eigenvalue weighted by Crippen LogP contribution is 2.28. The van der Waals surface area contributed by atoms with Crippen LogP contribution in [0.25, 0.3) is 11.3 Å². The fourth-order valence-corrected chi connectivity index (χ4v) is 3.80. The Morgan fingerprint density at radius 2 is 2.09 bits per heavy atom. The van der Waals surface area contributed by atoms with Gasteiger partial charge in [-0.3, -0.25) is 4.68 Å². The lowest BCUT2D eigenvalue weighted by Crippen LogP contribution is -2.40. The Kier molecular flexibility index (Phi) is 3.69. The van der Waals surface area contributed by atoms with Gasteiger partial charge in [0.15, 0.2) is 15.5 Å². The van der Waals surface area contributed by atoms with Crippen LogP contribution in [0.2, 0.25) is 0 Å². The van der Waals surface area contributed by atoms with Gasteiger partial charge in [0.25, 0.3) is 0 Å². The van der Waals surface area contributed by atoms with Crippen LogP contribution in [-0.2, 0) is 21.6 Å². The van der Waals surface area contributed by atoms with Gasteiger partial charge in [0.1, 0.15) is 16.0 Å². The predicted octanol–water partition coefficient (Wildman–Crippen LogP) is 1.10. The fourth-order valence-electron chi connectivity index (χ4n) is 2.31. The molecule has 1 aromatic heterocycles. The molecular weight excluding hydrogens is 327 g/mol. The quantitative estimate of drug-likeness (QED) is 0.895. The molecular formula is C14H13FN2O5S. The van der Waals surface area contributed by atoms with Crippen LogP contribution in [0.4, 0.5) is 4.39 Å². The minimum absolute atomic E-state index is 0.0627. The molecule has 2 heterocycles. The lowest BCUT2D eigenvalue weighted by Gasteiger charge is -2.25. The van der Waals surface area contributed by atoms with Gasteiger partial charge in [0, 0.05) is 12.6 Å². The van der Waals surface area contributed by atoms with E-state index in [0.717, 1.165) is 6.07 Å². The van der Waals surface area contributed by atoms with E-state index in [1.54, 1.807) is 0 Å². The van der Waals surface area contributed by atoms with Crippen molar-refractivity contribution >= 4 is 15.8 Å². The molecule has 0 saturated carbocycles. The summed E-state index contributed by atoms with van der Waals surface area (Å²) in [6.07, 6.45) is 0. The Hall–Kier alpha value is -2.26. The second-order valence-electron chi connectivity index (χ2n) is 5.19. The first kappa shape index (κ1) is 15.6. The van der Waals surface area contributed by atoms with Crippen LogP contribution >= 0.6 is 0 Å². The van der Waals surface area contributed by atoms with E-state index >= 15 is 0 Å². The monoisotopic (exact) mass is 340 g/mol. The van der Waals surface area contributed by atoms with Crippen LogP contribution in [0.15, 0.2) is 29.2 Å². The third-order valence-electron chi connectivity index (χ3n) is 3.68. The van der Waals surface area contributed by atoms with Crippen molar-refractivity contribution in [3.05, 3.63) is 35.8 Å². The molecule has 3 rings (SSSR count). The maximum Gasteiger partial charge on any atom is 0.356 e. The first-order chi connectivity index (χ1) is 10.8. The van der Waals surface area contributed by atoms with Crippen molar-refractivity contribution < 1.29 is 27.4 Å². The summed E-state index contributed by atoms with van der Waals surface area (Å²) in [7, 11) is -2.24. The minimum atomic E-state index is -3.77. The lowest BCUT2D eigenvalue weighted by atomic mass is 10.1. The Morgan fingerprint density at radius 1 is 1.39 bits per heavy atom. The van der Waals surface area contributed by atoms with Crippen LogP contribution in [0.5, 0.6) is 0 Å². The largest absolute Gasteiger partial charge is 0.476 e. The number of sulfone groups is 1. The van der Waals surface area contributed by atoms with Crippen LogP contribution in [0.3, 0.4) is 0 Å². The van der Waals surface area contributed by atoms with Crippen LogP contribution in [0, 0.1) is 5.82 Å². The highest BCUT2D eigenvalue weighted by atomic mass is 32.2. The molecule has 122 valence electrons. The summed E-state index contributed by atoms with van der Waals surface area (Å²) < 4.78 is 44.9. The summed E-state index contributed by atoms with van der Waals surface area (Å²) in [5, 5.41) is 12.0. The first-order valence-corrected chi connectivity index (χ1v) is 8.24. The van der Waals surface area contributed by atoms with Gasteiger partial charge < -0.3 is 9.84 Å². The predicted molar refractivity (Wildman–Crippen MR) is 77.4 cm³/mol. The second kappa shape index (κ2) is 5.43. The van der Waals surface area contributed by atoms with E-state index in [2.05, 4.69) is 5.10 Å². The number of halogens is 1. The topological polar surface area (TPSA) is 98.5 Å². The number of carboxylic acid groups (broad SMARTS) is 1. The molecule has 0 bridgehead atoms. The Morgan fingerprint density at radius 3 is 2.57 bits per heavy atom. The number of ether oxygens (including phenoxy) is 1. The summed E-state index contributed by atoms with van der Waals surface area (Å²) >= 11 is 0. The van der Waals surface area contributed by atoms with E-state index in [0.29, 0.717) is 11.3 Å². The average Bonchev–Trinajstić information content (AvgIpc) is 2.78. The van der Waals surface area contributed by atoms with E-state index in [1.807, 2.05) is 0 Å². The molecule has 1 aromatic carbocycles. The standard InChI is InChI=1S/C14H13FN2O5S/c1-17-12(5-11(16-17)14(18)19)8-2-3-13(10(15)4-8)23(20,21)9-6-22-7-9/h2-5,9H,6-7H2,1H3,(H,18,19). The molecule has 2 aromatic rings. The SMILES string of the molecule is Cn1nc(C(=O)O)cc1-c1ccc(S(=O)(=O)C2COC2)c(F)c1. The van der Waals surface area contributed by atoms with Crippen molar-refractivity contribution in [3.63, 3.8) is 0 Å². The van der Waals surface area contributed by atoms with Gasteiger partial charge >= 0.3 is 5.97 Å². The highest BCUT2D eigenvalue weighted by molar-refractivity contribution is 7.92. The molecule has 9 heteroatoms. The molecule has 7 nitrogen and oxygen atoms in total. The number of nitrogens with zero attached hydrogens (tertiary/aromatic N) is 2. The van der Waals surface area contributed by atoms with Crippen LogP contribution in [0.1, 0.15) is 10.5 Å². The Balaban J connectivity index is 2.01. The molecule has 23 heavy (non-hydrogen) atoms. The minimum Gasteiger partial charge on any atom is -0.476 e. The van der Waals surface area contributed by atoms with Gasteiger partial charge in [-0.25, -0.2) is 17.6 Å². The van der Waals surface area contributed by atoms with Crippen molar-refractivity contribution in [3.8, 4) is 11.3 Å². The highest BCUT2D eigenvalue weighted by Gasteiger charge is 2.35. The third-order valence-corrected chi connectivity index (χ3v) is 5.77. The number of aryl methyl sites for hydroxylation is 1. The summed E-state index contributed by atoms with van der Waals surface area (Å²) in [4.78, 5) is 10.5. The lowest BCUT2D eigenvalue weighted by molar-refractivity contribution is 0.0415. The van der Waals surface area contributed by atoms with Gasteiger partial charge in [-0.15, -0.1) is 0 Å². The zero-order valence-corrected chi connectivity index (χ0v) is 12.9. The molecule has 0 unspecified atom stereocenters. The van der Waals surface area contributed by atoms with Crippen molar-refractivity contribution in [2.45, 2.75) is 10.1 Å². The van der Waals surface area contributed by atoms with Gasteiger partial charge in [0.2, 0.25) is 0 Å². The van der Waals surface area contributed by atoms with E-state index in [9.17, 15) is 17.6 Å². The fraction of sp³-hybridized carbons (Fsp3) is 0.286. The number of benzene rings is 1. The maximum absolute atomic E-state index is 14.3. The molecule has 0 amide bonds. The number of carbonyl (C=O) groups is 1. The van der Waals surface area contributed by atoms with Gasteiger partial charge in [-0.1, -0.05) is 6.07 Å². The first-order valence-electron chi connectivity index (χ1n) is 6.69. The molecule has 1 saturated heterocycles. The number of aromatic nitrogens is 2. The molecule has 1 fully saturated rings. The molecule has 1 aliphatic heterocycles. The summed E-state index contributed by atoms with van der Waals surface area (Å²) in [5.41, 5.74) is 0.539. The third kappa shape index (κ3) is 2.62. The van der Waals surface area contributed by atoms with E-state index in [-0.39, 0.29) is 23.8 Å². The molecule has 0 aliphatic carbocycles. The van der Waals surface area contributed by atoms with Gasteiger partial charge in [0.05, 0.1) is 18.9 Å². The number of hydrogen-bond acceptors (Lipinski definition) is 5. The maximum atomic E-state index is 14.3. The Bertz CT molecular complexity index is 887. The molecule has 0 spiro atoms. The van der Waals surface area contributed by atoms with E-state index < -0.39 is 26.9 Å². The van der Waals surface area contributed by atoms with E-state index in [4.69, 9.17) is 9.84 Å². The Labute approximate surface area is 131 Å². The second-order valence-corrected chi connectivity index (χ2v) is 7.39. The number of rotatable bonds is 4. The van der Waals surface area contributed by atoms with E-state index in [1.165, 1.54) is 29.9 Å². The van der Waals surface area contributed by atoms with Crippen molar-refractivity contribution in [1.82, 2.24) is 9.78 Å². The van der Waals surface area contributed by atoms with Crippen LogP contribution < -0.4 is 0 Å². The van der Waals surface area contributed by atoms with Crippen molar-refractivity contribution in [2.24, 2.45) is 7.05 Å². The normalized spacial score (nSPS) is 15.4. The summed E-state index contributed by atoms with van der Waals surface area (Å²) in [5.74, 6) is -2.08. The molecule has 0 radical (unpaired) electrons. The number of hydrogen-bond donors (Lipinski definition) is 1. The molecule has 0 atom stereocenters. The van der Waals surface area contributed by atoms with Gasteiger partial charge in [-0.2, -0.15) is 5.10 Å². The van der Waals surface area contributed by atoms with Crippen LogP contribution in [-0.4, -0.2) is 47.7 Å². The molecule has 1 aliphatic rings. The summed E-state index contributed by atoms with van der Waals surface area (Å²) in [6, 6.07) is 4.98. The van der Waals surface area contributed by atoms with Crippen molar-refractivity contribution in [2.75, 3.05) is 13.2 Å². The smallest absolute Gasteiger partial charge is 0.356 e. The number of aromatic carboxylic acids is 1. The number of carboxylic acids is 1. The zero-order chi connectivity index (χ0) is 16.8.